The third kappa shape index (κ3) is 2.02. The summed E-state index contributed by atoms with van der Waals surface area (Å²) >= 11 is 9.80. The van der Waals surface area contributed by atoms with E-state index in [1.807, 2.05) is 11.3 Å². The van der Waals surface area contributed by atoms with Crippen molar-refractivity contribution in [2.45, 2.75) is 57.2 Å². The van der Waals surface area contributed by atoms with Gasteiger partial charge in [0.1, 0.15) is 0 Å². The summed E-state index contributed by atoms with van der Waals surface area (Å²) in [6.07, 6.45) is 8.71. The highest BCUT2D eigenvalue weighted by molar-refractivity contribution is 9.11. The molecule has 4 aliphatic rings. The number of alkyl halides is 1. The maximum atomic E-state index is 4.13. The van der Waals surface area contributed by atoms with Crippen molar-refractivity contribution in [2.75, 3.05) is 0 Å². The normalized spacial score (nSPS) is 47.7. The maximum Gasteiger partial charge on any atom is 0.0557 e. The van der Waals surface area contributed by atoms with E-state index in [1.54, 1.807) is 0 Å². The Morgan fingerprint density at radius 1 is 1.15 bits per heavy atom. The Balaban J connectivity index is 1.75. The van der Waals surface area contributed by atoms with Crippen LogP contribution in [0.5, 0.6) is 0 Å². The van der Waals surface area contributed by atoms with E-state index in [0.29, 0.717) is 21.1 Å². The smallest absolute Gasteiger partial charge is 0.0557 e. The van der Waals surface area contributed by atoms with E-state index >= 15 is 0 Å². The lowest BCUT2D eigenvalue weighted by Crippen LogP contribution is -2.56. The predicted octanol–water partition coefficient (Wildman–Crippen LogP) is 6.94. The fraction of sp³-hybridized carbons (Fsp3) is 0.765. The molecule has 4 saturated carbocycles. The Morgan fingerprint density at radius 2 is 1.80 bits per heavy atom. The summed E-state index contributed by atoms with van der Waals surface area (Å²) in [5.41, 5.74) is 1.70. The molecule has 0 aliphatic heterocycles. The van der Waals surface area contributed by atoms with Gasteiger partial charge in [-0.3, -0.25) is 0 Å². The molecule has 110 valence electrons. The van der Waals surface area contributed by atoms with Crippen molar-refractivity contribution in [3.05, 3.63) is 20.8 Å². The molecule has 5 rings (SSSR count). The topological polar surface area (TPSA) is 0 Å². The number of halogens is 2. The van der Waals surface area contributed by atoms with Gasteiger partial charge in [0.05, 0.1) is 4.83 Å². The lowest BCUT2D eigenvalue weighted by Gasteiger charge is -2.66. The first kappa shape index (κ1) is 14.3. The molecule has 1 aromatic rings. The molecule has 3 unspecified atom stereocenters. The van der Waals surface area contributed by atoms with Gasteiger partial charge in [-0.1, -0.05) is 29.8 Å². The first-order valence-corrected chi connectivity index (χ1v) is 10.3. The second-order valence-corrected chi connectivity index (χ2v) is 11.2. The molecule has 0 saturated heterocycles. The second-order valence-electron chi connectivity index (χ2n) is 8.49. The number of rotatable bonds is 2. The molecule has 4 bridgehead atoms. The molecule has 1 aromatic heterocycles. The molecule has 0 spiro atoms. The highest BCUT2D eigenvalue weighted by atomic mass is 79.9. The van der Waals surface area contributed by atoms with Gasteiger partial charge in [0.25, 0.3) is 0 Å². The molecule has 4 fully saturated rings. The van der Waals surface area contributed by atoms with E-state index < -0.39 is 0 Å². The fourth-order valence-electron chi connectivity index (χ4n) is 6.58. The summed E-state index contributed by atoms with van der Waals surface area (Å²) in [7, 11) is 0. The Hall–Kier alpha value is 0.660. The van der Waals surface area contributed by atoms with E-state index in [-0.39, 0.29) is 0 Å². The van der Waals surface area contributed by atoms with Gasteiger partial charge in [-0.05, 0) is 88.1 Å². The highest BCUT2D eigenvalue weighted by Gasteiger charge is 2.62. The summed E-state index contributed by atoms with van der Waals surface area (Å²) in [5, 5.41) is 2.22. The molecule has 3 heteroatoms. The van der Waals surface area contributed by atoms with Crippen molar-refractivity contribution in [3.8, 4) is 0 Å². The quantitative estimate of drug-likeness (QED) is 0.457. The lowest BCUT2D eigenvalue weighted by molar-refractivity contribution is -0.144. The van der Waals surface area contributed by atoms with Gasteiger partial charge in [0, 0.05) is 9.35 Å². The standard InChI is InChI=1S/C17H22Br2S/c1-15-5-11-6-16(2,8-15)10-17(7-11,9-15)14(19)13-12(18)3-4-20-13/h3-4,11,14H,5-10H2,1-2H3. The average Bonchev–Trinajstić information content (AvgIpc) is 2.69. The molecule has 0 N–H and O–H groups in total. The number of thiophene rings is 1. The predicted molar refractivity (Wildman–Crippen MR) is 93.5 cm³/mol. The SMILES string of the molecule is CC12CC3CC(C)(C1)CC(C(Br)c1sccc1Br)(C3)C2. The molecule has 1 heterocycles. The third-order valence-electron chi connectivity index (χ3n) is 6.08. The van der Waals surface area contributed by atoms with Crippen molar-refractivity contribution in [2.24, 2.45) is 22.2 Å². The van der Waals surface area contributed by atoms with Gasteiger partial charge in [-0.15, -0.1) is 11.3 Å². The van der Waals surface area contributed by atoms with Crippen molar-refractivity contribution in [1.29, 1.82) is 0 Å². The summed E-state index contributed by atoms with van der Waals surface area (Å²) in [4.78, 5) is 2.05. The molecular weight excluding hydrogens is 396 g/mol. The minimum absolute atomic E-state index is 0.496. The van der Waals surface area contributed by atoms with Crippen molar-refractivity contribution >= 4 is 43.2 Å². The van der Waals surface area contributed by atoms with E-state index in [2.05, 4.69) is 57.2 Å². The highest BCUT2D eigenvalue weighted by Crippen LogP contribution is 2.73. The number of hydrogen-bond acceptors (Lipinski definition) is 1. The van der Waals surface area contributed by atoms with Crippen molar-refractivity contribution in [3.63, 3.8) is 0 Å². The van der Waals surface area contributed by atoms with Gasteiger partial charge in [0.2, 0.25) is 0 Å². The van der Waals surface area contributed by atoms with E-state index in [9.17, 15) is 0 Å². The van der Waals surface area contributed by atoms with Crippen LogP contribution < -0.4 is 0 Å². The van der Waals surface area contributed by atoms with Crippen LogP contribution in [-0.2, 0) is 0 Å². The van der Waals surface area contributed by atoms with Gasteiger partial charge < -0.3 is 0 Å². The lowest BCUT2D eigenvalue weighted by atomic mass is 9.40. The largest absolute Gasteiger partial charge is 0.146 e. The van der Waals surface area contributed by atoms with Crippen molar-refractivity contribution in [1.82, 2.24) is 0 Å². The van der Waals surface area contributed by atoms with E-state index in [4.69, 9.17) is 0 Å². The zero-order valence-corrected chi connectivity index (χ0v) is 16.2. The summed E-state index contributed by atoms with van der Waals surface area (Å²) in [6, 6.07) is 2.21. The van der Waals surface area contributed by atoms with Gasteiger partial charge in [-0.2, -0.15) is 0 Å². The molecular formula is C17H22Br2S. The van der Waals surface area contributed by atoms with Crippen LogP contribution in [-0.4, -0.2) is 0 Å². The monoisotopic (exact) mass is 416 g/mol. The number of hydrogen-bond donors (Lipinski definition) is 0. The Bertz CT molecular complexity index is 531. The molecule has 0 aromatic carbocycles. The first-order valence-electron chi connectivity index (χ1n) is 7.70. The molecule has 4 aliphatic carbocycles. The minimum Gasteiger partial charge on any atom is -0.146 e. The van der Waals surface area contributed by atoms with Crippen LogP contribution in [0.4, 0.5) is 0 Å². The van der Waals surface area contributed by atoms with E-state index in [0.717, 1.165) is 5.92 Å². The van der Waals surface area contributed by atoms with Crippen LogP contribution in [0.15, 0.2) is 15.9 Å². The third-order valence-corrected chi connectivity index (χ3v) is 9.75. The van der Waals surface area contributed by atoms with Gasteiger partial charge in [0.15, 0.2) is 0 Å². The van der Waals surface area contributed by atoms with Crippen LogP contribution >= 0.6 is 43.2 Å². The van der Waals surface area contributed by atoms with Crippen LogP contribution in [0.3, 0.4) is 0 Å². The van der Waals surface area contributed by atoms with Crippen LogP contribution in [0.1, 0.15) is 62.1 Å². The van der Waals surface area contributed by atoms with Crippen LogP contribution in [0, 0.1) is 22.2 Å². The summed E-state index contributed by atoms with van der Waals surface area (Å²) < 4.78 is 1.30. The fourth-order valence-corrected chi connectivity index (χ4v) is 9.69. The zero-order chi connectivity index (χ0) is 14.2. The molecule has 0 radical (unpaired) electrons. The minimum atomic E-state index is 0.496. The van der Waals surface area contributed by atoms with Crippen LogP contribution in [0.25, 0.3) is 0 Å². The van der Waals surface area contributed by atoms with Crippen molar-refractivity contribution < 1.29 is 0 Å². The maximum absolute atomic E-state index is 4.13. The summed E-state index contributed by atoms with van der Waals surface area (Å²) in [5.74, 6) is 0.972. The van der Waals surface area contributed by atoms with Crippen LogP contribution in [0.2, 0.25) is 0 Å². The Kier molecular flexibility index (Phi) is 3.10. The second kappa shape index (κ2) is 4.35. The zero-order valence-electron chi connectivity index (χ0n) is 12.2. The molecule has 3 atom stereocenters. The molecule has 0 nitrogen and oxygen atoms in total. The Labute approximate surface area is 143 Å². The summed E-state index contributed by atoms with van der Waals surface area (Å²) in [6.45, 7) is 5.13. The average molecular weight is 418 g/mol. The molecule has 20 heavy (non-hydrogen) atoms. The molecule has 0 amide bonds. The van der Waals surface area contributed by atoms with Gasteiger partial charge in [-0.25, -0.2) is 0 Å². The van der Waals surface area contributed by atoms with Gasteiger partial charge >= 0.3 is 0 Å². The first-order chi connectivity index (χ1) is 9.33. The Morgan fingerprint density at radius 3 is 2.30 bits per heavy atom. The van der Waals surface area contributed by atoms with E-state index in [1.165, 1.54) is 47.9 Å².